The highest BCUT2D eigenvalue weighted by Gasteiger charge is 2.18. The first-order valence-electron chi connectivity index (χ1n) is 5.94. The van der Waals surface area contributed by atoms with E-state index >= 15 is 0 Å². The van der Waals surface area contributed by atoms with Gasteiger partial charge in [-0.15, -0.1) is 0 Å². The number of nitrogens with two attached hydrogens (primary N) is 1. The Labute approximate surface area is 91.9 Å². The fourth-order valence-corrected chi connectivity index (χ4v) is 2.44. The molecular formula is C13H20N2. The van der Waals surface area contributed by atoms with Crippen molar-refractivity contribution in [1.82, 2.24) is 4.98 Å². The average Bonchev–Trinajstić information content (AvgIpc) is 2.71. The number of pyridine rings is 1. The smallest absolute Gasteiger partial charge is 0.0372 e. The van der Waals surface area contributed by atoms with E-state index in [9.17, 15) is 0 Å². The summed E-state index contributed by atoms with van der Waals surface area (Å²) in [6, 6.07) is 4.34. The molecule has 0 aliphatic heterocycles. The van der Waals surface area contributed by atoms with Gasteiger partial charge in [0.1, 0.15) is 0 Å². The van der Waals surface area contributed by atoms with Gasteiger partial charge in [-0.3, -0.25) is 4.98 Å². The van der Waals surface area contributed by atoms with E-state index in [0.29, 0.717) is 0 Å². The van der Waals surface area contributed by atoms with Gasteiger partial charge in [0.05, 0.1) is 0 Å². The van der Waals surface area contributed by atoms with E-state index in [-0.39, 0.29) is 6.04 Å². The zero-order valence-corrected chi connectivity index (χ0v) is 9.45. The van der Waals surface area contributed by atoms with E-state index in [4.69, 9.17) is 5.73 Å². The maximum atomic E-state index is 6.18. The van der Waals surface area contributed by atoms with Gasteiger partial charge < -0.3 is 5.73 Å². The Balaban J connectivity index is 1.94. The Morgan fingerprint density at radius 2 is 2.13 bits per heavy atom. The molecule has 1 aliphatic carbocycles. The highest BCUT2D eigenvalue weighted by atomic mass is 14.7. The first kappa shape index (κ1) is 10.6. The van der Waals surface area contributed by atoms with E-state index in [0.717, 1.165) is 18.0 Å². The van der Waals surface area contributed by atoms with E-state index in [1.54, 1.807) is 0 Å². The highest BCUT2D eigenvalue weighted by Crippen LogP contribution is 2.31. The van der Waals surface area contributed by atoms with Gasteiger partial charge in [-0.1, -0.05) is 31.7 Å². The van der Waals surface area contributed by atoms with Crippen molar-refractivity contribution in [1.29, 1.82) is 0 Å². The lowest BCUT2D eigenvalue weighted by atomic mass is 9.95. The van der Waals surface area contributed by atoms with Crippen LogP contribution >= 0.6 is 0 Å². The molecule has 1 aliphatic rings. The van der Waals surface area contributed by atoms with Gasteiger partial charge >= 0.3 is 0 Å². The number of aryl methyl sites for hydroxylation is 1. The van der Waals surface area contributed by atoms with Gasteiger partial charge in [-0.25, -0.2) is 0 Å². The molecule has 1 aromatic rings. The zero-order chi connectivity index (χ0) is 10.7. The molecule has 1 unspecified atom stereocenters. The third-order valence-electron chi connectivity index (χ3n) is 3.42. The van der Waals surface area contributed by atoms with E-state index in [2.05, 4.69) is 11.1 Å². The molecule has 15 heavy (non-hydrogen) atoms. The Morgan fingerprint density at radius 1 is 1.40 bits per heavy atom. The van der Waals surface area contributed by atoms with Gasteiger partial charge in [0.2, 0.25) is 0 Å². The fraction of sp³-hybridized carbons (Fsp3) is 0.615. The lowest BCUT2D eigenvalue weighted by Crippen LogP contribution is -2.14. The van der Waals surface area contributed by atoms with Crippen LogP contribution in [0.2, 0.25) is 0 Å². The number of aromatic nitrogens is 1. The molecular weight excluding hydrogens is 184 g/mol. The Hall–Kier alpha value is -0.890. The topological polar surface area (TPSA) is 38.9 Å². The van der Waals surface area contributed by atoms with Crippen LogP contribution in [0.15, 0.2) is 18.3 Å². The zero-order valence-electron chi connectivity index (χ0n) is 9.45. The Morgan fingerprint density at radius 3 is 2.73 bits per heavy atom. The van der Waals surface area contributed by atoms with Crippen molar-refractivity contribution in [3.63, 3.8) is 0 Å². The summed E-state index contributed by atoms with van der Waals surface area (Å²) in [4.78, 5) is 4.29. The van der Waals surface area contributed by atoms with E-state index in [1.807, 2.05) is 19.2 Å². The molecule has 2 rings (SSSR count). The molecule has 1 fully saturated rings. The summed E-state index contributed by atoms with van der Waals surface area (Å²) in [6.45, 7) is 2.01. The first-order valence-corrected chi connectivity index (χ1v) is 5.94. The highest BCUT2D eigenvalue weighted by molar-refractivity contribution is 5.16. The van der Waals surface area contributed by atoms with Crippen LogP contribution in [0.5, 0.6) is 0 Å². The second-order valence-corrected chi connectivity index (χ2v) is 4.73. The second kappa shape index (κ2) is 4.75. The second-order valence-electron chi connectivity index (χ2n) is 4.73. The van der Waals surface area contributed by atoms with Gasteiger partial charge in [-0.05, 0) is 30.9 Å². The standard InChI is InChI=1S/C13H20N2/c1-10-6-7-12(9-15-10)13(14)8-11-4-2-3-5-11/h6-7,9,11,13H,2-5,8,14H2,1H3. The van der Waals surface area contributed by atoms with Gasteiger partial charge in [-0.2, -0.15) is 0 Å². The lowest BCUT2D eigenvalue weighted by molar-refractivity contribution is 0.450. The molecule has 1 heterocycles. The summed E-state index contributed by atoms with van der Waals surface area (Å²) in [5.41, 5.74) is 8.43. The average molecular weight is 204 g/mol. The number of hydrogen-bond donors (Lipinski definition) is 1. The maximum Gasteiger partial charge on any atom is 0.0372 e. The Bertz CT molecular complexity index is 299. The van der Waals surface area contributed by atoms with Crippen LogP contribution in [0.1, 0.15) is 49.4 Å². The molecule has 0 aromatic carbocycles. The predicted molar refractivity (Wildman–Crippen MR) is 62.5 cm³/mol. The number of hydrogen-bond acceptors (Lipinski definition) is 2. The normalized spacial score (nSPS) is 19.3. The first-order chi connectivity index (χ1) is 7.25. The van der Waals surface area contributed by atoms with Crippen LogP contribution in [0.4, 0.5) is 0 Å². The molecule has 2 heteroatoms. The van der Waals surface area contributed by atoms with Crippen molar-refractivity contribution >= 4 is 0 Å². The largest absolute Gasteiger partial charge is 0.324 e. The minimum Gasteiger partial charge on any atom is -0.324 e. The SMILES string of the molecule is Cc1ccc(C(N)CC2CCCC2)cn1. The quantitative estimate of drug-likeness (QED) is 0.822. The molecule has 2 nitrogen and oxygen atoms in total. The fourth-order valence-electron chi connectivity index (χ4n) is 2.44. The van der Waals surface area contributed by atoms with Crippen molar-refractivity contribution in [2.75, 3.05) is 0 Å². The van der Waals surface area contributed by atoms with Crippen LogP contribution < -0.4 is 5.73 Å². The van der Waals surface area contributed by atoms with Crippen molar-refractivity contribution in [3.05, 3.63) is 29.6 Å². The monoisotopic (exact) mass is 204 g/mol. The summed E-state index contributed by atoms with van der Waals surface area (Å²) < 4.78 is 0. The molecule has 1 atom stereocenters. The van der Waals surface area contributed by atoms with Crippen molar-refractivity contribution < 1.29 is 0 Å². The maximum absolute atomic E-state index is 6.18. The third-order valence-corrected chi connectivity index (χ3v) is 3.42. The Kier molecular flexibility index (Phi) is 3.37. The minimum absolute atomic E-state index is 0.182. The molecule has 0 saturated heterocycles. The molecule has 1 saturated carbocycles. The summed E-state index contributed by atoms with van der Waals surface area (Å²) in [7, 11) is 0. The summed E-state index contributed by atoms with van der Waals surface area (Å²) in [5, 5.41) is 0. The minimum atomic E-state index is 0.182. The van der Waals surface area contributed by atoms with Crippen molar-refractivity contribution in [3.8, 4) is 0 Å². The van der Waals surface area contributed by atoms with Crippen LogP contribution in [0.25, 0.3) is 0 Å². The summed E-state index contributed by atoms with van der Waals surface area (Å²) >= 11 is 0. The predicted octanol–water partition coefficient (Wildman–Crippen LogP) is 2.97. The lowest BCUT2D eigenvalue weighted by Gasteiger charge is -2.16. The summed E-state index contributed by atoms with van der Waals surface area (Å²) in [5.74, 6) is 0.848. The van der Waals surface area contributed by atoms with Crippen LogP contribution in [0.3, 0.4) is 0 Å². The molecule has 0 amide bonds. The van der Waals surface area contributed by atoms with Crippen LogP contribution in [-0.4, -0.2) is 4.98 Å². The van der Waals surface area contributed by atoms with Gasteiger partial charge in [0.15, 0.2) is 0 Å². The molecule has 1 aromatic heterocycles. The molecule has 0 spiro atoms. The van der Waals surface area contributed by atoms with Crippen LogP contribution in [-0.2, 0) is 0 Å². The molecule has 0 bridgehead atoms. The van der Waals surface area contributed by atoms with Crippen LogP contribution in [0, 0.1) is 12.8 Å². The molecule has 82 valence electrons. The van der Waals surface area contributed by atoms with E-state index in [1.165, 1.54) is 31.2 Å². The van der Waals surface area contributed by atoms with Crippen molar-refractivity contribution in [2.45, 2.75) is 45.1 Å². The number of nitrogens with zero attached hydrogens (tertiary/aromatic N) is 1. The molecule has 2 N–H and O–H groups in total. The van der Waals surface area contributed by atoms with Gasteiger partial charge in [0.25, 0.3) is 0 Å². The summed E-state index contributed by atoms with van der Waals surface area (Å²) in [6.07, 6.45) is 8.58. The number of rotatable bonds is 3. The van der Waals surface area contributed by atoms with Crippen molar-refractivity contribution in [2.24, 2.45) is 11.7 Å². The van der Waals surface area contributed by atoms with E-state index < -0.39 is 0 Å². The molecule has 0 radical (unpaired) electrons. The van der Waals surface area contributed by atoms with Gasteiger partial charge in [0, 0.05) is 17.9 Å². The third kappa shape index (κ3) is 2.78.